The van der Waals surface area contributed by atoms with Crippen LogP contribution >= 0.6 is 23.4 Å². The van der Waals surface area contributed by atoms with Crippen molar-refractivity contribution in [3.8, 4) is 0 Å². The molecule has 0 spiro atoms. The van der Waals surface area contributed by atoms with E-state index in [4.69, 9.17) is 16.6 Å². The molecule has 0 saturated heterocycles. The van der Waals surface area contributed by atoms with Crippen molar-refractivity contribution in [2.45, 2.75) is 18.7 Å². The van der Waals surface area contributed by atoms with E-state index in [9.17, 15) is 0 Å². The van der Waals surface area contributed by atoms with Crippen LogP contribution < -0.4 is 0 Å². The average molecular weight is 378 g/mol. The first kappa shape index (κ1) is 18.5. The third kappa shape index (κ3) is 5.35. The highest BCUT2D eigenvalue weighted by molar-refractivity contribution is 8.02. The number of hydrogen-bond donors (Lipinski definition) is 0. The van der Waals surface area contributed by atoms with Gasteiger partial charge in [0.25, 0.3) is 0 Å². The molecule has 1 nitrogen and oxygen atoms in total. The first-order valence-corrected chi connectivity index (χ1v) is 9.67. The third-order valence-corrected chi connectivity index (χ3v) is 4.91. The van der Waals surface area contributed by atoms with Gasteiger partial charge in [-0.1, -0.05) is 70.9 Å². The van der Waals surface area contributed by atoms with Crippen LogP contribution in [0.3, 0.4) is 0 Å². The highest BCUT2D eigenvalue weighted by atomic mass is 35.5. The van der Waals surface area contributed by atoms with E-state index in [1.165, 1.54) is 16.0 Å². The lowest BCUT2D eigenvalue weighted by atomic mass is 10.1. The van der Waals surface area contributed by atoms with Crippen molar-refractivity contribution in [1.29, 1.82) is 0 Å². The summed E-state index contributed by atoms with van der Waals surface area (Å²) in [6, 6.07) is 24.5. The van der Waals surface area contributed by atoms with Crippen molar-refractivity contribution in [3.63, 3.8) is 0 Å². The Hall–Kier alpha value is -2.29. The molecule has 0 amide bonds. The predicted octanol–water partition coefficient (Wildman–Crippen LogP) is 7.38. The van der Waals surface area contributed by atoms with Crippen LogP contribution in [-0.2, 0) is 0 Å². The summed E-state index contributed by atoms with van der Waals surface area (Å²) in [7, 11) is 0. The zero-order valence-corrected chi connectivity index (χ0v) is 16.4. The Morgan fingerprint density at radius 3 is 2.19 bits per heavy atom. The first-order chi connectivity index (χ1) is 12.6. The molecule has 130 valence electrons. The number of allylic oxidation sites excluding steroid dienone is 1. The first-order valence-electron chi connectivity index (χ1n) is 8.41. The Bertz CT molecular complexity index is 925. The number of aliphatic imine (C=N–C) groups is 1. The number of rotatable bonds is 5. The molecular weight excluding hydrogens is 358 g/mol. The van der Waals surface area contributed by atoms with Crippen LogP contribution in [0.15, 0.2) is 94.2 Å². The molecule has 0 atom stereocenters. The zero-order chi connectivity index (χ0) is 18.4. The Kier molecular flexibility index (Phi) is 6.32. The number of hydrogen-bond acceptors (Lipinski definition) is 2. The van der Waals surface area contributed by atoms with Gasteiger partial charge in [0.15, 0.2) is 0 Å². The van der Waals surface area contributed by atoms with Gasteiger partial charge in [0.1, 0.15) is 0 Å². The summed E-state index contributed by atoms with van der Waals surface area (Å²) in [6.07, 6.45) is 2.04. The van der Waals surface area contributed by atoms with Crippen LogP contribution in [0.1, 0.15) is 16.7 Å². The molecule has 0 saturated carbocycles. The lowest BCUT2D eigenvalue weighted by Gasteiger charge is -2.04. The fourth-order valence-electron chi connectivity index (χ4n) is 2.40. The molecule has 0 unspecified atom stereocenters. The van der Waals surface area contributed by atoms with Crippen LogP contribution in [0, 0.1) is 13.8 Å². The average Bonchev–Trinajstić information content (AvgIpc) is 2.64. The summed E-state index contributed by atoms with van der Waals surface area (Å²) in [5.41, 5.74) is 5.29. The van der Waals surface area contributed by atoms with Gasteiger partial charge in [0.2, 0.25) is 0 Å². The van der Waals surface area contributed by atoms with Crippen molar-refractivity contribution < 1.29 is 0 Å². The van der Waals surface area contributed by atoms with Gasteiger partial charge in [-0.2, -0.15) is 0 Å². The fourth-order valence-corrected chi connectivity index (χ4v) is 3.24. The molecule has 0 aromatic heterocycles. The number of halogens is 1. The van der Waals surface area contributed by atoms with Crippen molar-refractivity contribution in [2.75, 3.05) is 0 Å². The Morgan fingerprint density at radius 2 is 1.54 bits per heavy atom. The lowest BCUT2D eigenvalue weighted by molar-refractivity contribution is 1.38. The summed E-state index contributed by atoms with van der Waals surface area (Å²) < 4.78 is 0. The second-order valence-electron chi connectivity index (χ2n) is 6.08. The molecule has 0 fully saturated rings. The van der Waals surface area contributed by atoms with Crippen LogP contribution in [0.2, 0.25) is 5.02 Å². The second kappa shape index (κ2) is 8.88. The van der Waals surface area contributed by atoms with Crippen molar-refractivity contribution in [2.24, 2.45) is 4.99 Å². The molecule has 3 aromatic rings. The largest absolute Gasteiger partial charge is 0.248 e. The Balaban J connectivity index is 1.88. The van der Waals surface area contributed by atoms with E-state index >= 15 is 0 Å². The van der Waals surface area contributed by atoms with Gasteiger partial charge in [-0.15, -0.1) is 0 Å². The maximum absolute atomic E-state index is 6.17. The van der Waals surface area contributed by atoms with Gasteiger partial charge in [-0.25, -0.2) is 4.99 Å². The van der Waals surface area contributed by atoms with Crippen LogP contribution in [-0.4, -0.2) is 5.71 Å². The minimum absolute atomic E-state index is 0.707. The molecule has 3 heteroatoms. The minimum Gasteiger partial charge on any atom is -0.248 e. The Labute approximate surface area is 164 Å². The number of nitrogens with zero attached hydrogens (tertiary/aromatic N) is 1. The molecule has 0 aliphatic rings. The van der Waals surface area contributed by atoms with Crippen molar-refractivity contribution >= 4 is 34.8 Å². The molecule has 0 bridgehead atoms. The van der Waals surface area contributed by atoms with Gasteiger partial charge < -0.3 is 0 Å². The Morgan fingerprint density at radius 1 is 0.885 bits per heavy atom. The molecule has 0 aliphatic heterocycles. The smallest absolute Gasteiger partial charge is 0.0715 e. The summed E-state index contributed by atoms with van der Waals surface area (Å²) in [5.74, 6) is 0. The summed E-state index contributed by atoms with van der Waals surface area (Å²) in [6.45, 7) is 4.17. The van der Waals surface area contributed by atoms with E-state index in [0.29, 0.717) is 5.02 Å². The molecule has 26 heavy (non-hydrogen) atoms. The molecule has 0 aliphatic carbocycles. The standard InChI is InChI=1S/C23H20ClNS/c1-17-6-10-21(11-7-17)25-23(19-4-3-5-20(24)16-19)14-15-26-22-12-8-18(2)9-13-22/h3-16H,1-2H3/b15-14+,25-23-. The van der Waals surface area contributed by atoms with Gasteiger partial charge in [-0.3, -0.25) is 0 Å². The molecule has 0 radical (unpaired) electrons. The number of aryl methyl sites for hydroxylation is 2. The predicted molar refractivity (Wildman–Crippen MR) is 115 cm³/mol. The van der Waals surface area contributed by atoms with E-state index in [2.05, 4.69) is 55.7 Å². The SMILES string of the molecule is Cc1ccc(/N=C(/C=C/Sc2ccc(C)cc2)c2cccc(Cl)c2)cc1. The van der Waals surface area contributed by atoms with Gasteiger partial charge in [0, 0.05) is 15.5 Å². The highest BCUT2D eigenvalue weighted by Gasteiger charge is 2.02. The van der Waals surface area contributed by atoms with Crippen LogP contribution in [0.25, 0.3) is 0 Å². The maximum Gasteiger partial charge on any atom is 0.0715 e. The molecule has 3 rings (SSSR count). The summed E-state index contributed by atoms with van der Waals surface area (Å²) in [5, 5.41) is 2.78. The fraction of sp³-hybridized carbons (Fsp3) is 0.0870. The molecule has 3 aromatic carbocycles. The van der Waals surface area contributed by atoms with Crippen LogP contribution in [0.4, 0.5) is 5.69 Å². The van der Waals surface area contributed by atoms with E-state index in [1.807, 2.05) is 42.5 Å². The molecule has 0 N–H and O–H groups in total. The monoisotopic (exact) mass is 377 g/mol. The second-order valence-corrected chi connectivity index (χ2v) is 7.49. The topological polar surface area (TPSA) is 12.4 Å². The number of benzene rings is 3. The van der Waals surface area contributed by atoms with E-state index < -0.39 is 0 Å². The summed E-state index contributed by atoms with van der Waals surface area (Å²) in [4.78, 5) is 6.02. The van der Waals surface area contributed by atoms with E-state index in [-0.39, 0.29) is 0 Å². The lowest BCUT2D eigenvalue weighted by Crippen LogP contribution is -1.96. The quantitative estimate of drug-likeness (QED) is 0.333. The van der Waals surface area contributed by atoms with Crippen molar-refractivity contribution in [1.82, 2.24) is 0 Å². The molecular formula is C23H20ClNS. The zero-order valence-electron chi connectivity index (χ0n) is 14.8. The third-order valence-electron chi connectivity index (χ3n) is 3.85. The minimum atomic E-state index is 0.707. The summed E-state index contributed by atoms with van der Waals surface area (Å²) >= 11 is 7.85. The highest BCUT2D eigenvalue weighted by Crippen LogP contribution is 2.22. The molecule has 0 heterocycles. The normalized spacial score (nSPS) is 11.9. The number of thioether (sulfide) groups is 1. The van der Waals surface area contributed by atoms with Gasteiger partial charge in [0.05, 0.1) is 11.4 Å². The van der Waals surface area contributed by atoms with Gasteiger partial charge in [-0.05, 0) is 61.7 Å². The maximum atomic E-state index is 6.17. The van der Waals surface area contributed by atoms with Crippen LogP contribution in [0.5, 0.6) is 0 Å². The van der Waals surface area contributed by atoms with Gasteiger partial charge >= 0.3 is 0 Å². The van der Waals surface area contributed by atoms with E-state index in [0.717, 1.165) is 17.0 Å². The van der Waals surface area contributed by atoms with E-state index in [1.54, 1.807) is 11.8 Å². The van der Waals surface area contributed by atoms with Crippen molar-refractivity contribution in [3.05, 3.63) is 106 Å².